The summed E-state index contributed by atoms with van der Waals surface area (Å²) in [6, 6.07) is 10.6. The molecule has 1 nitrogen and oxygen atoms in total. The van der Waals surface area contributed by atoms with Crippen molar-refractivity contribution in [3.63, 3.8) is 0 Å². The topological polar surface area (TPSA) is 12.0 Å². The zero-order valence-corrected chi connectivity index (χ0v) is 14.5. The number of aryl methyl sites for hydroxylation is 3. The van der Waals surface area contributed by atoms with Crippen molar-refractivity contribution in [2.24, 2.45) is 0 Å². The van der Waals surface area contributed by atoms with Crippen LogP contribution in [0.25, 0.3) is 0 Å². The van der Waals surface area contributed by atoms with E-state index < -0.39 is 0 Å². The monoisotopic (exact) mass is 381 g/mol. The van der Waals surface area contributed by atoms with Gasteiger partial charge in [-0.2, -0.15) is 0 Å². The second-order valence-electron chi connectivity index (χ2n) is 4.85. The van der Waals surface area contributed by atoms with Gasteiger partial charge in [-0.15, -0.1) is 0 Å². The molecule has 2 aromatic carbocycles. The predicted molar refractivity (Wildman–Crippen MR) is 89.8 cm³/mol. The van der Waals surface area contributed by atoms with Crippen LogP contribution in [0.15, 0.2) is 39.3 Å². The Morgan fingerprint density at radius 1 is 0.947 bits per heavy atom. The van der Waals surface area contributed by atoms with E-state index in [0.29, 0.717) is 0 Å². The Balaban J connectivity index is 2.19. The van der Waals surface area contributed by atoms with Gasteiger partial charge in [0.1, 0.15) is 0 Å². The molecule has 0 aliphatic rings. The van der Waals surface area contributed by atoms with E-state index in [4.69, 9.17) is 0 Å². The van der Waals surface area contributed by atoms with Crippen LogP contribution in [-0.2, 0) is 6.54 Å². The van der Waals surface area contributed by atoms with Gasteiger partial charge in [0.15, 0.2) is 0 Å². The Morgan fingerprint density at radius 2 is 1.58 bits per heavy atom. The molecule has 0 atom stereocenters. The van der Waals surface area contributed by atoms with Crippen LogP contribution in [0.5, 0.6) is 0 Å². The molecule has 0 fully saturated rings. The van der Waals surface area contributed by atoms with Crippen molar-refractivity contribution in [3.05, 3.63) is 61.5 Å². The SMILES string of the molecule is Cc1cc(C)c(CNc2ccc(Br)cc2Br)c(C)c1. The van der Waals surface area contributed by atoms with Crippen LogP contribution in [0.3, 0.4) is 0 Å². The van der Waals surface area contributed by atoms with E-state index in [-0.39, 0.29) is 0 Å². The lowest BCUT2D eigenvalue weighted by molar-refractivity contribution is 1.08. The van der Waals surface area contributed by atoms with Crippen LogP contribution >= 0.6 is 31.9 Å². The molecule has 0 spiro atoms. The molecule has 0 aromatic heterocycles. The molecule has 0 aliphatic heterocycles. The molecule has 1 N–H and O–H groups in total. The lowest BCUT2D eigenvalue weighted by Gasteiger charge is -2.14. The van der Waals surface area contributed by atoms with Crippen LogP contribution < -0.4 is 5.32 Å². The average Bonchev–Trinajstić information content (AvgIpc) is 2.30. The quantitative estimate of drug-likeness (QED) is 0.712. The first-order valence-electron chi connectivity index (χ1n) is 6.23. The number of halogens is 2. The molecule has 0 unspecified atom stereocenters. The maximum atomic E-state index is 3.58. The third-order valence-corrected chi connectivity index (χ3v) is 4.38. The standard InChI is InChI=1S/C16H17Br2N/c1-10-6-11(2)14(12(3)7-10)9-19-16-5-4-13(17)8-15(16)18/h4-8,19H,9H2,1-3H3. The molecule has 3 heteroatoms. The van der Waals surface area contributed by atoms with Gasteiger partial charge < -0.3 is 5.32 Å². The highest BCUT2D eigenvalue weighted by Gasteiger charge is 2.05. The molecule has 19 heavy (non-hydrogen) atoms. The molecule has 0 saturated carbocycles. The maximum absolute atomic E-state index is 3.58. The summed E-state index contributed by atoms with van der Waals surface area (Å²) in [7, 11) is 0. The molecular formula is C16H17Br2N. The summed E-state index contributed by atoms with van der Waals surface area (Å²) in [5, 5.41) is 3.49. The fraction of sp³-hybridized carbons (Fsp3) is 0.250. The molecule has 0 saturated heterocycles. The minimum Gasteiger partial charge on any atom is -0.380 e. The van der Waals surface area contributed by atoms with Gasteiger partial charge in [0.05, 0.1) is 0 Å². The van der Waals surface area contributed by atoms with E-state index in [2.05, 4.69) is 82.2 Å². The van der Waals surface area contributed by atoms with Crippen molar-refractivity contribution in [2.45, 2.75) is 27.3 Å². The van der Waals surface area contributed by atoms with Gasteiger partial charge >= 0.3 is 0 Å². The van der Waals surface area contributed by atoms with Crippen molar-refractivity contribution in [1.82, 2.24) is 0 Å². The van der Waals surface area contributed by atoms with Crippen LogP contribution in [0.4, 0.5) is 5.69 Å². The normalized spacial score (nSPS) is 10.6. The van der Waals surface area contributed by atoms with Crippen molar-refractivity contribution in [2.75, 3.05) is 5.32 Å². The molecule has 0 radical (unpaired) electrons. The summed E-state index contributed by atoms with van der Waals surface area (Å²) in [6.45, 7) is 7.34. The van der Waals surface area contributed by atoms with E-state index in [0.717, 1.165) is 21.2 Å². The van der Waals surface area contributed by atoms with Gasteiger partial charge in [-0.05, 0) is 71.6 Å². The molecule has 0 amide bonds. The Bertz CT molecular complexity index is 583. The van der Waals surface area contributed by atoms with E-state index in [9.17, 15) is 0 Å². The van der Waals surface area contributed by atoms with Gasteiger partial charge in [0.2, 0.25) is 0 Å². The smallest absolute Gasteiger partial charge is 0.0488 e. The summed E-state index contributed by atoms with van der Waals surface area (Å²) < 4.78 is 2.15. The Labute approximate surface area is 131 Å². The fourth-order valence-corrected chi connectivity index (χ4v) is 3.49. The number of rotatable bonds is 3. The summed E-state index contributed by atoms with van der Waals surface area (Å²) >= 11 is 7.04. The Kier molecular flexibility index (Phi) is 4.69. The highest BCUT2D eigenvalue weighted by molar-refractivity contribution is 9.11. The zero-order chi connectivity index (χ0) is 14.0. The number of hydrogen-bond acceptors (Lipinski definition) is 1. The van der Waals surface area contributed by atoms with Crippen molar-refractivity contribution in [1.29, 1.82) is 0 Å². The van der Waals surface area contributed by atoms with Crippen LogP contribution in [0, 0.1) is 20.8 Å². The number of hydrogen-bond donors (Lipinski definition) is 1. The van der Waals surface area contributed by atoms with E-state index in [1.54, 1.807) is 0 Å². The van der Waals surface area contributed by atoms with Crippen molar-refractivity contribution < 1.29 is 0 Å². The fourth-order valence-electron chi connectivity index (χ4n) is 2.31. The maximum Gasteiger partial charge on any atom is 0.0488 e. The molecule has 100 valence electrons. The van der Waals surface area contributed by atoms with Crippen molar-refractivity contribution >= 4 is 37.5 Å². The predicted octanol–water partition coefficient (Wildman–Crippen LogP) is 5.75. The van der Waals surface area contributed by atoms with Gasteiger partial charge in [-0.25, -0.2) is 0 Å². The Hall–Kier alpha value is -0.800. The first kappa shape index (κ1) is 14.6. The number of nitrogens with one attached hydrogen (secondary N) is 1. The molecular weight excluding hydrogens is 366 g/mol. The first-order chi connectivity index (χ1) is 8.97. The summed E-state index contributed by atoms with van der Waals surface area (Å²) in [5.74, 6) is 0. The number of benzene rings is 2. The molecule has 0 aliphatic carbocycles. The largest absolute Gasteiger partial charge is 0.380 e. The molecule has 0 bridgehead atoms. The zero-order valence-electron chi connectivity index (χ0n) is 11.3. The van der Waals surface area contributed by atoms with E-state index in [1.807, 2.05) is 6.07 Å². The van der Waals surface area contributed by atoms with Crippen LogP contribution in [0.1, 0.15) is 22.3 Å². The van der Waals surface area contributed by atoms with Crippen LogP contribution in [-0.4, -0.2) is 0 Å². The first-order valence-corrected chi connectivity index (χ1v) is 7.81. The molecule has 2 aromatic rings. The molecule has 2 rings (SSSR count). The summed E-state index contributed by atoms with van der Waals surface area (Å²) in [5.41, 5.74) is 6.50. The Morgan fingerprint density at radius 3 is 2.16 bits per heavy atom. The summed E-state index contributed by atoms with van der Waals surface area (Å²) in [6.07, 6.45) is 0. The van der Waals surface area contributed by atoms with Gasteiger partial charge in [-0.3, -0.25) is 0 Å². The highest BCUT2D eigenvalue weighted by atomic mass is 79.9. The van der Waals surface area contributed by atoms with Crippen LogP contribution in [0.2, 0.25) is 0 Å². The van der Waals surface area contributed by atoms with E-state index >= 15 is 0 Å². The van der Waals surface area contributed by atoms with Gasteiger partial charge in [-0.1, -0.05) is 33.6 Å². The second kappa shape index (κ2) is 6.10. The summed E-state index contributed by atoms with van der Waals surface area (Å²) in [4.78, 5) is 0. The minimum atomic E-state index is 0.845. The van der Waals surface area contributed by atoms with Gasteiger partial charge in [0.25, 0.3) is 0 Å². The highest BCUT2D eigenvalue weighted by Crippen LogP contribution is 2.27. The third kappa shape index (κ3) is 3.61. The number of anilines is 1. The lowest BCUT2D eigenvalue weighted by atomic mass is 10.00. The minimum absolute atomic E-state index is 0.845. The molecule has 0 heterocycles. The van der Waals surface area contributed by atoms with Gasteiger partial charge in [0, 0.05) is 21.2 Å². The van der Waals surface area contributed by atoms with Crippen molar-refractivity contribution in [3.8, 4) is 0 Å². The van der Waals surface area contributed by atoms with E-state index in [1.165, 1.54) is 22.3 Å². The third-order valence-electron chi connectivity index (χ3n) is 3.23. The lowest BCUT2D eigenvalue weighted by Crippen LogP contribution is -2.04. The second-order valence-corrected chi connectivity index (χ2v) is 6.63. The average molecular weight is 383 g/mol.